The predicted molar refractivity (Wildman–Crippen MR) is 132 cm³/mol. The first kappa shape index (κ1) is 25.1. The lowest BCUT2D eigenvalue weighted by Crippen LogP contribution is -2.47. The zero-order chi connectivity index (χ0) is 26.0. The van der Waals surface area contributed by atoms with Crippen LogP contribution in [-0.4, -0.2) is 49.3 Å². The van der Waals surface area contributed by atoms with Gasteiger partial charge in [-0.3, -0.25) is 14.5 Å². The molecule has 0 unspecified atom stereocenters. The van der Waals surface area contributed by atoms with Crippen molar-refractivity contribution in [2.45, 2.75) is 48.5 Å². The summed E-state index contributed by atoms with van der Waals surface area (Å²) in [5.74, 6) is -0.349. The van der Waals surface area contributed by atoms with E-state index in [-0.39, 0.29) is 29.7 Å². The highest BCUT2D eigenvalue weighted by atomic mass is 32.2. The molecule has 3 N–H and O–H groups in total. The number of nitrogens with one attached hydrogen (secondary N) is 2. The van der Waals surface area contributed by atoms with Crippen LogP contribution in [0, 0.1) is 5.82 Å². The fourth-order valence-corrected chi connectivity index (χ4v) is 5.81. The van der Waals surface area contributed by atoms with Crippen molar-refractivity contribution in [2.75, 3.05) is 11.3 Å². The lowest BCUT2D eigenvalue weighted by molar-refractivity contribution is -0.142. The molecule has 1 fully saturated rings. The van der Waals surface area contributed by atoms with Gasteiger partial charge in [0, 0.05) is 36.1 Å². The van der Waals surface area contributed by atoms with E-state index in [0.29, 0.717) is 24.4 Å². The molecule has 9 nitrogen and oxygen atoms in total. The summed E-state index contributed by atoms with van der Waals surface area (Å²) in [6.07, 6.45) is 2.35. The number of aliphatic hydroxyl groups excluding tert-OH is 1. The summed E-state index contributed by atoms with van der Waals surface area (Å²) < 4.78 is 53.3. The Morgan fingerprint density at radius 2 is 1.97 bits per heavy atom. The fraction of sp³-hybridized carbons (Fsp3) is 0.308. The third-order valence-corrected chi connectivity index (χ3v) is 7.90. The summed E-state index contributed by atoms with van der Waals surface area (Å²) in [4.78, 5) is 16.5. The Labute approximate surface area is 213 Å². The number of benzene rings is 2. The van der Waals surface area contributed by atoms with Crippen LogP contribution >= 0.6 is 0 Å². The molecule has 0 spiro atoms. The molecular weight excluding hydrogens is 501 g/mol. The number of nitrogens with zero attached hydrogens (tertiary/aromatic N) is 1. The summed E-state index contributed by atoms with van der Waals surface area (Å²) >= 11 is 0. The highest BCUT2D eigenvalue weighted by Crippen LogP contribution is 2.47. The van der Waals surface area contributed by atoms with Crippen molar-refractivity contribution < 1.29 is 32.2 Å². The Bertz CT molecular complexity index is 1370. The molecule has 0 aliphatic carbocycles. The van der Waals surface area contributed by atoms with E-state index in [0.717, 1.165) is 23.3 Å². The molecule has 2 aliphatic rings. The Morgan fingerprint density at radius 1 is 1.16 bits per heavy atom. The summed E-state index contributed by atoms with van der Waals surface area (Å²) in [5, 5.41) is 12.8. The number of aromatic nitrogens is 1. The minimum Gasteiger partial charge on any atom is -0.487 e. The number of fused-ring (bicyclic) bond motifs is 3. The average molecular weight is 528 g/mol. The van der Waals surface area contributed by atoms with E-state index in [1.165, 1.54) is 12.1 Å². The van der Waals surface area contributed by atoms with E-state index >= 15 is 0 Å². The van der Waals surface area contributed by atoms with Gasteiger partial charge in [0.1, 0.15) is 23.8 Å². The molecule has 4 atom stereocenters. The highest BCUT2D eigenvalue weighted by molar-refractivity contribution is 7.92. The third-order valence-electron chi connectivity index (χ3n) is 6.50. The van der Waals surface area contributed by atoms with Gasteiger partial charge >= 0.3 is 0 Å². The molecule has 0 saturated carbocycles. The third kappa shape index (κ3) is 5.58. The summed E-state index contributed by atoms with van der Waals surface area (Å²) in [6, 6.07) is 13.2. The Morgan fingerprint density at radius 3 is 2.70 bits per heavy atom. The van der Waals surface area contributed by atoms with Crippen molar-refractivity contribution >= 4 is 21.6 Å². The maximum atomic E-state index is 13.2. The number of aliphatic hydroxyl groups is 1. The van der Waals surface area contributed by atoms with Crippen molar-refractivity contribution in [3.63, 3.8) is 0 Å². The van der Waals surface area contributed by atoms with E-state index in [1.807, 2.05) is 6.07 Å². The smallest absolute Gasteiger partial charge is 0.261 e. The van der Waals surface area contributed by atoms with Gasteiger partial charge in [0.05, 0.1) is 24.0 Å². The van der Waals surface area contributed by atoms with Crippen molar-refractivity contribution in [1.82, 2.24) is 10.3 Å². The minimum atomic E-state index is -3.93. The number of anilines is 1. The molecule has 194 valence electrons. The molecule has 37 heavy (non-hydrogen) atoms. The van der Waals surface area contributed by atoms with Crippen LogP contribution in [0.1, 0.15) is 29.9 Å². The Balaban J connectivity index is 1.29. The first-order chi connectivity index (χ1) is 17.8. The predicted octanol–water partition coefficient (Wildman–Crippen LogP) is 2.72. The largest absolute Gasteiger partial charge is 0.487 e. The number of carbonyl (C=O) groups is 1. The topological polar surface area (TPSA) is 127 Å². The quantitative estimate of drug-likeness (QED) is 0.411. The number of halogens is 1. The zero-order valence-electron chi connectivity index (χ0n) is 19.7. The zero-order valence-corrected chi connectivity index (χ0v) is 20.5. The molecular formula is C26H26FN3O6S. The van der Waals surface area contributed by atoms with Crippen LogP contribution in [0.15, 0.2) is 71.9 Å². The molecule has 5 rings (SSSR count). The first-order valence-electron chi connectivity index (χ1n) is 11.8. The second-order valence-electron chi connectivity index (χ2n) is 9.06. The maximum absolute atomic E-state index is 13.2. The molecule has 0 radical (unpaired) electrons. The van der Waals surface area contributed by atoms with Crippen LogP contribution in [0.25, 0.3) is 0 Å². The lowest BCUT2D eigenvalue weighted by atomic mass is 9.84. The molecule has 1 aromatic heterocycles. The number of amides is 1. The second kappa shape index (κ2) is 10.4. The first-order valence-corrected chi connectivity index (χ1v) is 13.3. The SMILES string of the molecule is O=C(C[C@H]1C[C@@H]2c3cc(NS(=O)(=O)c4ccc(F)cc4)ccc3O[C@@H]2[C@@H](CO)O1)NCc1cccnc1. The van der Waals surface area contributed by atoms with E-state index in [9.17, 15) is 22.7 Å². The van der Waals surface area contributed by atoms with Crippen molar-refractivity contribution in [2.24, 2.45) is 0 Å². The molecule has 1 saturated heterocycles. The van der Waals surface area contributed by atoms with Crippen LogP contribution in [0.5, 0.6) is 5.75 Å². The normalized spacial score (nSPS) is 22.4. The van der Waals surface area contributed by atoms with Crippen LogP contribution in [0.2, 0.25) is 0 Å². The summed E-state index contributed by atoms with van der Waals surface area (Å²) in [6.45, 7) is 0.0609. The van der Waals surface area contributed by atoms with Gasteiger partial charge in [-0.2, -0.15) is 0 Å². The van der Waals surface area contributed by atoms with E-state index in [2.05, 4.69) is 15.0 Å². The van der Waals surface area contributed by atoms with Gasteiger partial charge in [-0.15, -0.1) is 0 Å². The van der Waals surface area contributed by atoms with Gasteiger partial charge in [0.2, 0.25) is 5.91 Å². The van der Waals surface area contributed by atoms with Crippen LogP contribution in [0.3, 0.4) is 0 Å². The van der Waals surface area contributed by atoms with Crippen LogP contribution in [0.4, 0.5) is 10.1 Å². The average Bonchev–Trinajstić information content (AvgIpc) is 3.25. The molecule has 1 amide bonds. The maximum Gasteiger partial charge on any atom is 0.261 e. The lowest BCUT2D eigenvalue weighted by Gasteiger charge is -2.37. The van der Waals surface area contributed by atoms with Gasteiger partial charge in [-0.1, -0.05) is 6.07 Å². The minimum absolute atomic E-state index is 0.0627. The second-order valence-corrected chi connectivity index (χ2v) is 10.7. The summed E-state index contributed by atoms with van der Waals surface area (Å²) in [7, 11) is -3.93. The van der Waals surface area contributed by atoms with Crippen molar-refractivity contribution in [1.29, 1.82) is 0 Å². The van der Waals surface area contributed by atoms with Gasteiger partial charge in [-0.05, 0) is 60.5 Å². The Kier molecular flexibility index (Phi) is 7.09. The number of ether oxygens (including phenoxy) is 2. The van der Waals surface area contributed by atoms with E-state index in [1.54, 1.807) is 36.7 Å². The van der Waals surface area contributed by atoms with E-state index < -0.39 is 34.2 Å². The number of sulfonamides is 1. The van der Waals surface area contributed by atoms with Gasteiger partial charge in [0.15, 0.2) is 0 Å². The van der Waals surface area contributed by atoms with Gasteiger partial charge in [0.25, 0.3) is 10.0 Å². The number of pyridine rings is 1. The molecule has 2 aliphatic heterocycles. The number of hydrogen-bond donors (Lipinski definition) is 3. The van der Waals surface area contributed by atoms with Crippen molar-refractivity contribution in [3.05, 3.63) is 83.9 Å². The van der Waals surface area contributed by atoms with Crippen LogP contribution in [-0.2, 0) is 26.1 Å². The summed E-state index contributed by atoms with van der Waals surface area (Å²) in [5.41, 5.74) is 1.97. The molecule has 0 bridgehead atoms. The number of carbonyl (C=O) groups excluding carboxylic acids is 1. The monoisotopic (exact) mass is 527 g/mol. The molecule has 2 aromatic carbocycles. The van der Waals surface area contributed by atoms with Crippen molar-refractivity contribution in [3.8, 4) is 5.75 Å². The van der Waals surface area contributed by atoms with Gasteiger partial charge in [-0.25, -0.2) is 12.8 Å². The Hall–Kier alpha value is -3.54. The number of hydrogen-bond acceptors (Lipinski definition) is 7. The molecule has 3 aromatic rings. The van der Waals surface area contributed by atoms with E-state index in [4.69, 9.17) is 9.47 Å². The fourth-order valence-electron chi connectivity index (χ4n) is 4.76. The molecule has 11 heteroatoms. The van der Waals surface area contributed by atoms with Crippen LogP contribution < -0.4 is 14.8 Å². The number of rotatable bonds is 8. The van der Waals surface area contributed by atoms with Gasteiger partial charge < -0.3 is 19.9 Å². The standard InChI is InChI=1S/C26H26FN3O6S/c27-17-3-6-20(7-4-17)37(33,34)30-18-5-8-23-21(10-18)22-11-19(35-24(15-31)26(22)36-23)12-25(32)29-14-16-2-1-9-28-13-16/h1-10,13,19,22,24,26,30-31H,11-12,14-15H2,(H,29,32)/t19-,22-,24-,26+/m1/s1. The highest BCUT2D eigenvalue weighted by Gasteiger charge is 2.46. The molecule has 3 heterocycles.